The first-order valence-electron chi connectivity index (χ1n) is 8.30. The van der Waals surface area contributed by atoms with Crippen molar-refractivity contribution in [3.63, 3.8) is 0 Å². The standard InChI is InChI=1S/C20H20N2O4S/c1-13(15-8-7-14-5-3-4-6-16(14)11-15)22-20(23)18-12-17(27(21,24)25)9-10-19(18)26-2/h3-13H,1-2H3,(H,22,23)(H2,21,24,25). The second-order valence-electron chi connectivity index (χ2n) is 6.21. The molecule has 0 saturated carbocycles. The van der Waals surface area contributed by atoms with Crippen LogP contribution in [0.4, 0.5) is 0 Å². The predicted octanol–water partition coefficient (Wildman–Crippen LogP) is 2.99. The highest BCUT2D eigenvalue weighted by Gasteiger charge is 2.19. The molecule has 0 aliphatic carbocycles. The maximum atomic E-state index is 12.7. The average Bonchev–Trinajstić information content (AvgIpc) is 2.66. The monoisotopic (exact) mass is 384 g/mol. The minimum Gasteiger partial charge on any atom is -0.496 e. The predicted molar refractivity (Wildman–Crippen MR) is 104 cm³/mol. The molecule has 0 fully saturated rings. The van der Waals surface area contributed by atoms with Gasteiger partial charge in [-0.15, -0.1) is 0 Å². The first-order valence-corrected chi connectivity index (χ1v) is 9.84. The van der Waals surface area contributed by atoms with Crippen molar-refractivity contribution in [2.75, 3.05) is 7.11 Å². The van der Waals surface area contributed by atoms with Crippen molar-refractivity contribution >= 4 is 26.7 Å². The largest absolute Gasteiger partial charge is 0.496 e. The minimum atomic E-state index is -3.92. The number of sulfonamides is 1. The number of carbonyl (C=O) groups is 1. The number of hydrogen-bond acceptors (Lipinski definition) is 4. The van der Waals surface area contributed by atoms with E-state index in [2.05, 4.69) is 5.32 Å². The Kier molecular flexibility index (Phi) is 5.16. The molecule has 1 amide bonds. The molecule has 0 aliphatic rings. The average molecular weight is 384 g/mol. The Balaban J connectivity index is 1.89. The van der Waals surface area contributed by atoms with E-state index in [0.29, 0.717) is 0 Å². The molecule has 140 valence electrons. The van der Waals surface area contributed by atoms with E-state index in [0.717, 1.165) is 16.3 Å². The number of benzene rings is 3. The fourth-order valence-electron chi connectivity index (χ4n) is 2.88. The van der Waals surface area contributed by atoms with Crippen molar-refractivity contribution in [1.82, 2.24) is 5.32 Å². The van der Waals surface area contributed by atoms with E-state index in [9.17, 15) is 13.2 Å². The van der Waals surface area contributed by atoms with Crippen LogP contribution >= 0.6 is 0 Å². The van der Waals surface area contributed by atoms with Gasteiger partial charge in [-0.05, 0) is 47.5 Å². The van der Waals surface area contributed by atoms with Crippen molar-refractivity contribution in [2.24, 2.45) is 5.14 Å². The number of methoxy groups -OCH3 is 1. The van der Waals surface area contributed by atoms with Gasteiger partial charge in [0, 0.05) is 0 Å². The van der Waals surface area contributed by atoms with Crippen LogP contribution < -0.4 is 15.2 Å². The second-order valence-corrected chi connectivity index (χ2v) is 7.77. The molecule has 3 aromatic rings. The quantitative estimate of drug-likeness (QED) is 0.706. The Bertz CT molecular complexity index is 1110. The smallest absolute Gasteiger partial charge is 0.255 e. The molecular formula is C20H20N2O4S. The number of fused-ring (bicyclic) bond motifs is 1. The van der Waals surface area contributed by atoms with Crippen LogP contribution in [0.5, 0.6) is 5.75 Å². The molecule has 0 spiro atoms. The van der Waals surface area contributed by atoms with Crippen LogP contribution in [-0.4, -0.2) is 21.4 Å². The third kappa shape index (κ3) is 4.10. The highest BCUT2D eigenvalue weighted by molar-refractivity contribution is 7.89. The number of carbonyl (C=O) groups excluding carboxylic acids is 1. The van der Waals surface area contributed by atoms with Crippen molar-refractivity contribution in [3.8, 4) is 5.75 Å². The molecule has 1 atom stereocenters. The normalized spacial score (nSPS) is 12.6. The van der Waals surface area contributed by atoms with E-state index in [1.54, 1.807) is 0 Å². The van der Waals surface area contributed by atoms with Gasteiger partial charge in [-0.1, -0.05) is 36.4 Å². The van der Waals surface area contributed by atoms with E-state index >= 15 is 0 Å². The van der Waals surface area contributed by atoms with Crippen molar-refractivity contribution in [3.05, 3.63) is 71.8 Å². The third-order valence-electron chi connectivity index (χ3n) is 4.37. The second kappa shape index (κ2) is 7.38. The van der Waals surface area contributed by atoms with Gasteiger partial charge in [-0.3, -0.25) is 4.79 Å². The minimum absolute atomic E-state index is 0.108. The number of rotatable bonds is 5. The summed E-state index contributed by atoms with van der Waals surface area (Å²) in [7, 11) is -2.51. The molecule has 6 nitrogen and oxygen atoms in total. The van der Waals surface area contributed by atoms with Gasteiger partial charge in [0.1, 0.15) is 5.75 Å². The zero-order valence-electron chi connectivity index (χ0n) is 15.0. The summed E-state index contributed by atoms with van der Waals surface area (Å²) in [6.45, 7) is 1.86. The molecule has 0 heterocycles. The van der Waals surface area contributed by atoms with Gasteiger partial charge in [-0.2, -0.15) is 0 Å². The van der Waals surface area contributed by atoms with Crippen LogP contribution in [0, 0.1) is 0 Å². The van der Waals surface area contributed by atoms with Gasteiger partial charge in [0.05, 0.1) is 23.6 Å². The van der Waals surface area contributed by atoms with Gasteiger partial charge in [0.2, 0.25) is 10.0 Å². The number of nitrogens with two attached hydrogens (primary N) is 1. The summed E-state index contributed by atoms with van der Waals surface area (Å²) in [5, 5.41) is 10.2. The lowest BCUT2D eigenvalue weighted by Gasteiger charge is -2.17. The van der Waals surface area contributed by atoms with E-state index in [1.165, 1.54) is 25.3 Å². The van der Waals surface area contributed by atoms with Gasteiger partial charge in [-0.25, -0.2) is 13.6 Å². The summed E-state index contributed by atoms with van der Waals surface area (Å²) in [5.74, 6) is -0.177. The van der Waals surface area contributed by atoms with E-state index in [4.69, 9.17) is 9.88 Å². The molecule has 0 aliphatic heterocycles. The third-order valence-corrected chi connectivity index (χ3v) is 5.28. The summed E-state index contributed by atoms with van der Waals surface area (Å²) >= 11 is 0. The molecule has 0 radical (unpaired) electrons. The first kappa shape index (κ1) is 18.9. The molecule has 0 bridgehead atoms. The molecular weight excluding hydrogens is 364 g/mol. The van der Waals surface area contributed by atoms with Crippen LogP contribution in [0.15, 0.2) is 65.6 Å². The van der Waals surface area contributed by atoms with Crippen LogP contribution in [-0.2, 0) is 10.0 Å². The number of ether oxygens (including phenoxy) is 1. The van der Waals surface area contributed by atoms with Gasteiger partial charge < -0.3 is 10.1 Å². The summed E-state index contributed by atoms with van der Waals surface area (Å²) in [5.41, 5.74) is 1.04. The molecule has 27 heavy (non-hydrogen) atoms. The molecule has 0 aromatic heterocycles. The molecule has 7 heteroatoms. The van der Waals surface area contributed by atoms with E-state index < -0.39 is 15.9 Å². The van der Waals surface area contributed by atoms with Gasteiger partial charge >= 0.3 is 0 Å². The van der Waals surface area contributed by atoms with Gasteiger partial charge in [0.25, 0.3) is 5.91 Å². The molecule has 3 N–H and O–H groups in total. The topological polar surface area (TPSA) is 98.5 Å². The molecule has 3 aromatic carbocycles. The summed E-state index contributed by atoms with van der Waals surface area (Å²) in [6, 6.07) is 17.6. The highest BCUT2D eigenvalue weighted by atomic mass is 32.2. The molecule has 3 rings (SSSR count). The zero-order valence-corrected chi connectivity index (χ0v) is 15.8. The van der Waals surface area contributed by atoms with E-state index in [-0.39, 0.29) is 22.3 Å². The Morgan fingerprint density at radius 2 is 1.74 bits per heavy atom. The van der Waals surface area contributed by atoms with Crippen LogP contribution in [0.2, 0.25) is 0 Å². The highest BCUT2D eigenvalue weighted by Crippen LogP contribution is 2.24. The number of amides is 1. The van der Waals surface area contributed by atoms with Crippen LogP contribution in [0.3, 0.4) is 0 Å². The Labute approximate surface area is 158 Å². The Hall–Kier alpha value is -2.90. The Morgan fingerprint density at radius 3 is 2.41 bits per heavy atom. The maximum Gasteiger partial charge on any atom is 0.255 e. The zero-order chi connectivity index (χ0) is 19.6. The number of primary sulfonamides is 1. The van der Waals surface area contributed by atoms with Crippen LogP contribution in [0.25, 0.3) is 10.8 Å². The number of nitrogens with one attached hydrogen (secondary N) is 1. The maximum absolute atomic E-state index is 12.7. The summed E-state index contributed by atoms with van der Waals surface area (Å²) in [4.78, 5) is 12.6. The van der Waals surface area contributed by atoms with Crippen molar-refractivity contribution in [1.29, 1.82) is 0 Å². The lowest BCUT2D eigenvalue weighted by molar-refractivity contribution is 0.0936. The first-order chi connectivity index (χ1) is 12.8. The molecule has 0 saturated heterocycles. The van der Waals surface area contributed by atoms with Crippen molar-refractivity contribution < 1.29 is 17.9 Å². The lowest BCUT2D eigenvalue weighted by atomic mass is 10.0. The summed E-state index contributed by atoms with van der Waals surface area (Å²) in [6.07, 6.45) is 0. The fourth-order valence-corrected chi connectivity index (χ4v) is 3.42. The molecule has 1 unspecified atom stereocenters. The Morgan fingerprint density at radius 1 is 1.04 bits per heavy atom. The van der Waals surface area contributed by atoms with E-state index in [1.807, 2.05) is 49.4 Å². The SMILES string of the molecule is COc1ccc(S(N)(=O)=O)cc1C(=O)NC(C)c1ccc2ccccc2c1. The fraction of sp³-hybridized carbons (Fsp3) is 0.150. The summed E-state index contributed by atoms with van der Waals surface area (Å²) < 4.78 is 28.3. The van der Waals surface area contributed by atoms with Crippen molar-refractivity contribution in [2.45, 2.75) is 17.9 Å². The van der Waals surface area contributed by atoms with Crippen LogP contribution in [0.1, 0.15) is 28.9 Å². The number of hydrogen-bond donors (Lipinski definition) is 2. The van der Waals surface area contributed by atoms with Gasteiger partial charge in [0.15, 0.2) is 0 Å². The lowest BCUT2D eigenvalue weighted by Crippen LogP contribution is -2.27.